The second-order valence-corrected chi connectivity index (χ2v) is 28.1. The number of unbranched alkanes of at least 4 members (excludes halogenated alkanes) is 24. The number of rotatable bonds is 62. The van der Waals surface area contributed by atoms with Gasteiger partial charge in [-0.05, 0) is 109 Å². The van der Waals surface area contributed by atoms with Crippen LogP contribution in [0.25, 0.3) is 0 Å². The van der Waals surface area contributed by atoms with E-state index in [0.717, 1.165) is 116 Å². The molecule has 600 valence electrons. The minimum Gasteiger partial charge on any atom is -0.394 e. The van der Waals surface area contributed by atoms with Gasteiger partial charge >= 0.3 is 0 Å². The maximum Gasteiger partial charge on any atom is 0.220 e. The number of hydrogen-bond acceptors (Lipinski definition) is 18. The van der Waals surface area contributed by atoms with Gasteiger partial charge in [-0.2, -0.15) is 0 Å². The Hall–Kier alpha value is -4.33. The van der Waals surface area contributed by atoms with Crippen molar-refractivity contribution in [3.63, 3.8) is 0 Å². The Morgan fingerprint density at radius 3 is 1.07 bits per heavy atom. The first-order valence-corrected chi connectivity index (χ1v) is 40.6. The van der Waals surface area contributed by atoms with E-state index in [2.05, 4.69) is 153 Å². The van der Waals surface area contributed by atoms with Crippen LogP contribution in [0, 0.1) is 0 Å². The van der Waals surface area contributed by atoms with E-state index in [4.69, 9.17) is 28.4 Å². The van der Waals surface area contributed by atoms with Crippen molar-refractivity contribution in [2.24, 2.45) is 0 Å². The number of carbonyl (C=O) groups excluding carboxylic acids is 1. The number of nitrogens with one attached hydrogen (secondary N) is 1. The number of carbonyl (C=O) groups is 1. The van der Waals surface area contributed by atoms with Crippen molar-refractivity contribution >= 4 is 5.91 Å². The van der Waals surface area contributed by atoms with Gasteiger partial charge in [0.05, 0.1) is 38.6 Å². The van der Waals surface area contributed by atoms with Crippen LogP contribution in [0.15, 0.2) is 146 Å². The SMILES string of the molecule is CC/C=C\C/C=C\C/C=C\C/C=C\C/C=C\C/C=C\C/C=C\C/C=C\C/C=C\C/C=C\CCCCCCCCCCCCC(=O)NC(COC1OC(CO)C(OC2OC(CO)C(OC3OC(CO)C(O)C(O)C3O)C(O)C2O)C(O)C1O)C(O)/C=C/CC/C=C/CCCCCCCCCCCCCCC. The summed E-state index contributed by atoms with van der Waals surface area (Å²) < 4.78 is 34.4. The van der Waals surface area contributed by atoms with Gasteiger partial charge in [-0.3, -0.25) is 4.79 Å². The van der Waals surface area contributed by atoms with Crippen molar-refractivity contribution in [1.82, 2.24) is 5.32 Å². The summed E-state index contributed by atoms with van der Waals surface area (Å²) in [5.74, 6) is -0.295. The molecule has 0 aromatic rings. The average Bonchev–Trinajstić information content (AvgIpc) is 0.781. The van der Waals surface area contributed by atoms with Crippen LogP contribution in [0.5, 0.6) is 0 Å². The lowest BCUT2D eigenvalue weighted by molar-refractivity contribution is -0.379. The minimum atomic E-state index is -1.99. The van der Waals surface area contributed by atoms with Crippen molar-refractivity contribution in [2.45, 2.75) is 362 Å². The fraction of sp³-hybridized carbons (Fsp3) is 0.709. The summed E-state index contributed by atoms with van der Waals surface area (Å²) >= 11 is 0. The highest BCUT2D eigenvalue weighted by molar-refractivity contribution is 5.76. The number of aliphatic hydroxyl groups is 11. The van der Waals surface area contributed by atoms with Crippen molar-refractivity contribution in [3.05, 3.63) is 146 Å². The molecule has 3 aliphatic rings. The van der Waals surface area contributed by atoms with Crippen LogP contribution in [0.2, 0.25) is 0 Å². The first kappa shape index (κ1) is 94.9. The molecule has 3 heterocycles. The molecular formula is C86H143NO18. The summed E-state index contributed by atoms with van der Waals surface area (Å²) in [6.45, 7) is 1.60. The monoisotopic (exact) mass is 1480 g/mol. The zero-order chi connectivity index (χ0) is 76.0. The van der Waals surface area contributed by atoms with Crippen LogP contribution >= 0.6 is 0 Å². The van der Waals surface area contributed by atoms with Gasteiger partial charge in [0.2, 0.25) is 5.91 Å². The normalized spacial score (nSPS) is 26.6. The van der Waals surface area contributed by atoms with Gasteiger partial charge in [0.1, 0.15) is 73.2 Å². The quantitative estimate of drug-likeness (QED) is 0.0199. The van der Waals surface area contributed by atoms with E-state index in [1.807, 2.05) is 6.08 Å². The van der Waals surface area contributed by atoms with Crippen molar-refractivity contribution < 1.29 is 89.4 Å². The summed E-state index contributed by atoms with van der Waals surface area (Å²) in [5, 5.41) is 121. The van der Waals surface area contributed by atoms with Crippen LogP contribution in [0.3, 0.4) is 0 Å². The molecule has 1 amide bonds. The van der Waals surface area contributed by atoms with Gasteiger partial charge in [0, 0.05) is 6.42 Å². The van der Waals surface area contributed by atoms with Crippen LogP contribution in [0.4, 0.5) is 0 Å². The molecule has 0 bridgehead atoms. The first-order valence-electron chi connectivity index (χ1n) is 40.6. The molecule has 105 heavy (non-hydrogen) atoms. The molecule has 3 saturated heterocycles. The minimum absolute atomic E-state index is 0.221. The first-order chi connectivity index (χ1) is 51.3. The van der Waals surface area contributed by atoms with E-state index < -0.39 is 124 Å². The molecule has 3 rings (SSSR count). The second-order valence-electron chi connectivity index (χ2n) is 28.1. The number of allylic oxidation sites excluding steroid dienone is 23. The van der Waals surface area contributed by atoms with Gasteiger partial charge in [0.25, 0.3) is 0 Å². The Morgan fingerprint density at radius 1 is 0.352 bits per heavy atom. The Morgan fingerprint density at radius 2 is 0.667 bits per heavy atom. The predicted molar refractivity (Wildman–Crippen MR) is 419 cm³/mol. The van der Waals surface area contributed by atoms with Gasteiger partial charge in [-0.15, -0.1) is 0 Å². The molecule has 3 fully saturated rings. The molecule has 17 atom stereocenters. The Labute approximate surface area is 632 Å². The van der Waals surface area contributed by atoms with Crippen LogP contribution in [-0.4, -0.2) is 193 Å². The molecule has 17 unspecified atom stereocenters. The average molecular weight is 1480 g/mol. The van der Waals surface area contributed by atoms with E-state index in [9.17, 15) is 61.0 Å². The molecule has 0 aliphatic carbocycles. The highest BCUT2D eigenvalue weighted by atomic mass is 16.8. The zero-order valence-corrected chi connectivity index (χ0v) is 64.1. The Kier molecular flexibility index (Phi) is 58.3. The summed E-state index contributed by atoms with van der Waals surface area (Å²) in [7, 11) is 0. The van der Waals surface area contributed by atoms with Gasteiger partial charge < -0.3 is 89.9 Å². The van der Waals surface area contributed by atoms with E-state index in [0.29, 0.717) is 12.8 Å². The van der Waals surface area contributed by atoms with Gasteiger partial charge in [0.15, 0.2) is 18.9 Å². The van der Waals surface area contributed by atoms with Gasteiger partial charge in [-0.1, -0.05) is 288 Å². The predicted octanol–water partition coefficient (Wildman–Crippen LogP) is 13.8. The number of aliphatic hydroxyl groups excluding tert-OH is 11. The molecule has 3 aliphatic heterocycles. The molecular weight excluding hydrogens is 1330 g/mol. The molecule has 0 aromatic heterocycles. The third kappa shape index (κ3) is 44.2. The van der Waals surface area contributed by atoms with Crippen molar-refractivity contribution in [3.8, 4) is 0 Å². The lowest BCUT2D eigenvalue weighted by Crippen LogP contribution is -2.66. The lowest BCUT2D eigenvalue weighted by atomic mass is 9.96. The largest absolute Gasteiger partial charge is 0.394 e. The molecule has 0 radical (unpaired) electrons. The topological polar surface area (TPSA) is 307 Å². The molecule has 0 aromatic carbocycles. The summed E-state index contributed by atoms with van der Waals surface area (Å²) in [6.07, 6.45) is 66.9. The molecule has 19 heteroatoms. The van der Waals surface area contributed by atoms with E-state index in [-0.39, 0.29) is 18.9 Å². The standard InChI is InChI=1S/C86H143NO18/c1-3-5-7-9-11-13-15-17-19-21-23-24-25-26-27-28-29-30-31-32-33-34-35-36-37-38-39-40-41-42-43-44-46-48-50-52-54-56-58-60-62-64-74(92)87-69(70(91)63-61-59-57-55-53-51-49-47-45-22-20-18-16-14-12-10-8-6-4-2)68-100-84-80(98)77(95)82(72(66-89)102-84)105-86-81(99)78(96)83(73(67-90)103-86)104-85-79(97)76(94)75(93)71(65-88)101-85/h5,7,11,13,17,19,23-24,26-27,29-30,32-33,35-36,38-39,41-42,53,55,61,63,69-73,75-86,88-91,93-99H,3-4,6,8-10,12,14-16,18,20-22,25,28,31,34,37,40,43-52,54,56-60,62,64-68H2,1-2H3,(H,87,92)/b7-5-,13-11-,19-17-,24-23-,27-26-,30-29-,33-32-,36-35-,39-38-,42-41-,55-53+,63-61+. The smallest absolute Gasteiger partial charge is 0.220 e. The maximum absolute atomic E-state index is 13.5. The third-order valence-corrected chi connectivity index (χ3v) is 19.1. The lowest BCUT2D eigenvalue weighted by Gasteiger charge is -2.48. The van der Waals surface area contributed by atoms with Crippen LogP contribution in [-0.2, 0) is 33.2 Å². The molecule has 0 spiro atoms. The highest BCUT2D eigenvalue weighted by Crippen LogP contribution is 2.33. The van der Waals surface area contributed by atoms with Crippen molar-refractivity contribution in [1.29, 1.82) is 0 Å². The fourth-order valence-electron chi connectivity index (χ4n) is 12.6. The Balaban J connectivity index is 1.35. The second kappa shape index (κ2) is 64.5. The zero-order valence-electron chi connectivity index (χ0n) is 64.1. The van der Waals surface area contributed by atoms with E-state index >= 15 is 0 Å². The fourth-order valence-corrected chi connectivity index (χ4v) is 12.6. The van der Waals surface area contributed by atoms with Crippen LogP contribution in [0.1, 0.15) is 258 Å². The third-order valence-electron chi connectivity index (χ3n) is 19.1. The van der Waals surface area contributed by atoms with Gasteiger partial charge in [-0.25, -0.2) is 0 Å². The number of ether oxygens (including phenoxy) is 6. The maximum atomic E-state index is 13.5. The summed E-state index contributed by atoms with van der Waals surface area (Å²) in [4.78, 5) is 13.5. The highest BCUT2D eigenvalue weighted by Gasteiger charge is 2.54. The van der Waals surface area contributed by atoms with Crippen LogP contribution < -0.4 is 5.32 Å². The Bertz CT molecular complexity index is 2470. The summed E-state index contributed by atoms with van der Waals surface area (Å²) in [6, 6.07) is -1.00. The number of hydrogen-bond donors (Lipinski definition) is 12. The molecule has 12 N–H and O–H groups in total. The molecule has 19 nitrogen and oxygen atoms in total. The van der Waals surface area contributed by atoms with E-state index in [1.54, 1.807) is 6.08 Å². The number of amides is 1. The molecule has 0 saturated carbocycles. The van der Waals surface area contributed by atoms with Crippen molar-refractivity contribution in [2.75, 3.05) is 26.4 Å². The summed E-state index contributed by atoms with van der Waals surface area (Å²) in [5.41, 5.74) is 0. The van der Waals surface area contributed by atoms with E-state index in [1.165, 1.54) is 109 Å².